The molecule has 1 N–H and O–H groups in total. The maximum Gasteiger partial charge on any atom is 0.341 e. The van der Waals surface area contributed by atoms with Crippen molar-refractivity contribution in [3.05, 3.63) is 81.2 Å². The number of nitrogens with zero attached hydrogens (tertiary/aromatic N) is 1. The van der Waals surface area contributed by atoms with Crippen LogP contribution in [0, 0.1) is 0 Å². The predicted molar refractivity (Wildman–Crippen MR) is 128 cm³/mol. The van der Waals surface area contributed by atoms with E-state index in [0.29, 0.717) is 32.4 Å². The van der Waals surface area contributed by atoms with Gasteiger partial charge in [0.2, 0.25) is 0 Å². The van der Waals surface area contributed by atoms with Crippen LogP contribution in [0.3, 0.4) is 0 Å². The van der Waals surface area contributed by atoms with Gasteiger partial charge in [-0.3, -0.25) is 4.79 Å². The van der Waals surface area contributed by atoms with E-state index >= 15 is 0 Å². The van der Waals surface area contributed by atoms with Crippen LogP contribution in [-0.4, -0.2) is 24.0 Å². The Morgan fingerprint density at radius 1 is 1.09 bits per heavy atom. The molecule has 0 radical (unpaired) electrons. The largest absolute Gasteiger partial charge is 0.465 e. The summed E-state index contributed by atoms with van der Waals surface area (Å²) in [5.74, 6) is -0.704. The van der Waals surface area contributed by atoms with Gasteiger partial charge in [0.1, 0.15) is 5.00 Å². The number of fused-ring (bicyclic) bond motifs is 2. The van der Waals surface area contributed by atoms with E-state index < -0.39 is 5.97 Å². The summed E-state index contributed by atoms with van der Waals surface area (Å²) in [6.07, 6.45) is 2.75. The van der Waals surface area contributed by atoms with Gasteiger partial charge in [-0.05, 0) is 49.1 Å². The van der Waals surface area contributed by atoms with E-state index in [9.17, 15) is 9.59 Å². The summed E-state index contributed by atoms with van der Waals surface area (Å²) < 4.78 is 5.00. The lowest BCUT2D eigenvalue weighted by Crippen LogP contribution is -2.15. The highest BCUT2D eigenvalue weighted by molar-refractivity contribution is 7.17. The van der Waals surface area contributed by atoms with Gasteiger partial charge in [0.05, 0.1) is 29.4 Å². The van der Waals surface area contributed by atoms with Gasteiger partial charge in [0.25, 0.3) is 5.91 Å². The number of para-hydroxylation sites is 1. The summed E-state index contributed by atoms with van der Waals surface area (Å²) in [6.45, 7) is 0. The summed E-state index contributed by atoms with van der Waals surface area (Å²) >= 11 is 7.49. The van der Waals surface area contributed by atoms with Crippen molar-refractivity contribution in [2.24, 2.45) is 0 Å². The first-order valence-electron chi connectivity index (χ1n) is 10.2. The number of hydrogen-bond donors (Lipinski definition) is 1. The van der Waals surface area contributed by atoms with Crippen LogP contribution in [0.5, 0.6) is 0 Å². The number of carbonyl (C=O) groups is 2. The van der Waals surface area contributed by atoms with E-state index in [1.165, 1.54) is 18.4 Å². The molecule has 0 fully saturated rings. The minimum Gasteiger partial charge on any atom is -0.465 e. The number of nitrogens with one attached hydrogen (secondary N) is 1. The number of hydrogen-bond acceptors (Lipinski definition) is 5. The zero-order valence-electron chi connectivity index (χ0n) is 17.3. The number of anilines is 1. The van der Waals surface area contributed by atoms with Crippen LogP contribution in [0.25, 0.3) is 22.2 Å². The SMILES string of the molecule is COC(=O)c1c(NC(=O)c2cc(-c3ccc(Cl)cc3)nc3ccccc23)sc2c1CCC2. The van der Waals surface area contributed by atoms with Crippen LogP contribution < -0.4 is 5.32 Å². The lowest BCUT2D eigenvalue weighted by molar-refractivity contribution is 0.0601. The number of esters is 1. The Hall–Kier alpha value is -3.22. The van der Waals surface area contributed by atoms with Gasteiger partial charge in [0.15, 0.2) is 0 Å². The van der Waals surface area contributed by atoms with Crippen LogP contribution in [0.4, 0.5) is 5.00 Å². The summed E-state index contributed by atoms with van der Waals surface area (Å²) in [5, 5.41) is 4.90. The van der Waals surface area contributed by atoms with E-state index in [0.717, 1.165) is 40.7 Å². The summed E-state index contributed by atoms with van der Waals surface area (Å²) in [4.78, 5) is 31.8. The fourth-order valence-electron chi connectivity index (χ4n) is 4.11. The Labute approximate surface area is 194 Å². The van der Waals surface area contributed by atoms with Crippen molar-refractivity contribution in [2.45, 2.75) is 19.3 Å². The number of benzene rings is 2. The van der Waals surface area contributed by atoms with E-state index in [1.54, 1.807) is 18.2 Å². The maximum atomic E-state index is 13.5. The summed E-state index contributed by atoms with van der Waals surface area (Å²) in [7, 11) is 1.36. The van der Waals surface area contributed by atoms with Crippen molar-refractivity contribution in [2.75, 3.05) is 12.4 Å². The molecule has 1 aliphatic rings. The monoisotopic (exact) mass is 462 g/mol. The van der Waals surface area contributed by atoms with Crippen LogP contribution in [0.15, 0.2) is 54.6 Å². The third-order valence-corrected chi connectivity index (χ3v) is 7.10. The first-order chi connectivity index (χ1) is 15.5. The van der Waals surface area contributed by atoms with Gasteiger partial charge in [-0.15, -0.1) is 11.3 Å². The number of halogens is 1. The molecule has 32 heavy (non-hydrogen) atoms. The van der Waals surface area contributed by atoms with Crippen molar-refractivity contribution < 1.29 is 14.3 Å². The lowest BCUT2D eigenvalue weighted by Gasteiger charge is -2.11. The molecule has 2 heterocycles. The summed E-state index contributed by atoms with van der Waals surface area (Å²) in [6, 6.07) is 16.6. The second-order valence-electron chi connectivity index (χ2n) is 7.59. The number of amides is 1. The van der Waals surface area contributed by atoms with E-state index in [-0.39, 0.29) is 5.91 Å². The van der Waals surface area contributed by atoms with Crippen molar-refractivity contribution in [1.82, 2.24) is 4.98 Å². The Bertz CT molecular complexity index is 1360. The molecule has 7 heteroatoms. The average Bonchev–Trinajstić information content (AvgIpc) is 3.39. The molecule has 2 aromatic heterocycles. The highest BCUT2D eigenvalue weighted by atomic mass is 35.5. The standard InChI is InChI=1S/C25H19ClN2O3S/c1-31-25(30)22-17-6-4-8-21(17)32-24(22)28-23(29)18-13-20(14-9-11-15(26)12-10-14)27-19-7-3-2-5-16(18)19/h2-3,5,7,9-13H,4,6,8H2,1H3,(H,28,29). The van der Waals surface area contributed by atoms with Gasteiger partial charge in [-0.25, -0.2) is 9.78 Å². The molecule has 1 aliphatic carbocycles. The molecule has 4 aromatic rings. The lowest BCUT2D eigenvalue weighted by atomic mass is 10.0. The molecule has 0 unspecified atom stereocenters. The molecule has 1 amide bonds. The van der Waals surface area contributed by atoms with E-state index in [1.807, 2.05) is 36.4 Å². The quantitative estimate of drug-likeness (QED) is 0.369. The minimum absolute atomic E-state index is 0.288. The number of rotatable bonds is 4. The van der Waals surface area contributed by atoms with Gasteiger partial charge in [0, 0.05) is 20.8 Å². The number of aryl methyl sites for hydroxylation is 1. The third-order valence-electron chi connectivity index (χ3n) is 5.64. The number of methoxy groups -OCH3 is 1. The topological polar surface area (TPSA) is 68.3 Å². The Balaban J connectivity index is 1.58. The second-order valence-corrected chi connectivity index (χ2v) is 9.13. The Morgan fingerprint density at radius 3 is 2.66 bits per heavy atom. The molecule has 160 valence electrons. The number of thiophene rings is 1. The molecule has 0 saturated heterocycles. The smallest absolute Gasteiger partial charge is 0.341 e. The Morgan fingerprint density at radius 2 is 1.88 bits per heavy atom. The first-order valence-corrected chi connectivity index (χ1v) is 11.4. The molecular weight excluding hydrogens is 444 g/mol. The molecule has 2 aromatic carbocycles. The van der Waals surface area contributed by atoms with E-state index in [4.69, 9.17) is 21.3 Å². The minimum atomic E-state index is -0.416. The molecule has 0 spiro atoms. The molecule has 0 saturated carbocycles. The molecule has 5 rings (SSSR count). The fourth-order valence-corrected chi connectivity index (χ4v) is 5.51. The predicted octanol–water partition coefficient (Wildman–Crippen LogP) is 6.14. The molecule has 5 nitrogen and oxygen atoms in total. The van der Waals surface area contributed by atoms with Crippen LogP contribution in [-0.2, 0) is 17.6 Å². The number of pyridine rings is 1. The number of carbonyl (C=O) groups excluding carboxylic acids is 2. The highest BCUT2D eigenvalue weighted by Crippen LogP contribution is 2.40. The Kier molecular flexibility index (Phi) is 5.41. The van der Waals surface area contributed by atoms with Gasteiger partial charge in [-0.1, -0.05) is 41.9 Å². The fraction of sp³-hybridized carbons (Fsp3) is 0.160. The molecule has 0 bridgehead atoms. The van der Waals surface area contributed by atoms with Crippen LogP contribution in [0.1, 0.15) is 37.6 Å². The third kappa shape index (κ3) is 3.66. The van der Waals surface area contributed by atoms with Crippen molar-refractivity contribution in [3.63, 3.8) is 0 Å². The first kappa shape index (κ1) is 20.7. The number of aromatic nitrogens is 1. The van der Waals surface area contributed by atoms with Crippen molar-refractivity contribution in [1.29, 1.82) is 0 Å². The van der Waals surface area contributed by atoms with Crippen molar-refractivity contribution in [3.8, 4) is 11.3 Å². The normalized spacial score (nSPS) is 12.6. The van der Waals surface area contributed by atoms with Gasteiger partial charge >= 0.3 is 5.97 Å². The summed E-state index contributed by atoms with van der Waals surface area (Å²) in [5.41, 5.74) is 4.22. The average molecular weight is 463 g/mol. The van der Waals surface area contributed by atoms with Crippen LogP contribution in [0.2, 0.25) is 5.02 Å². The van der Waals surface area contributed by atoms with Gasteiger partial charge in [-0.2, -0.15) is 0 Å². The van der Waals surface area contributed by atoms with Gasteiger partial charge < -0.3 is 10.1 Å². The maximum absolute atomic E-state index is 13.5. The highest BCUT2D eigenvalue weighted by Gasteiger charge is 2.28. The zero-order chi connectivity index (χ0) is 22.2. The second kappa shape index (κ2) is 8.37. The zero-order valence-corrected chi connectivity index (χ0v) is 18.8. The van der Waals surface area contributed by atoms with E-state index in [2.05, 4.69) is 5.32 Å². The van der Waals surface area contributed by atoms with Crippen LogP contribution >= 0.6 is 22.9 Å². The molecule has 0 atom stereocenters. The molecule has 0 aliphatic heterocycles. The van der Waals surface area contributed by atoms with Crippen molar-refractivity contribution >= 4 is 50.7 Å². The number of ether oxygens (including phenoxy) is 1. The molecular formula is C25H19ClN2O3S.